The summed E-state index contributed by atoms with van der Waals surface area (Å²) in [6.07, 6.45) is 3.06. The minimum absolute atomic E-state index is 0.143. The van der Waals surface area contributed by atoms with Crippen LogP contribution in [0.4, 0.5) is 0 Å². The van der Waals surface area contributed by atoms with Crippen molar-refractivity contribution in [1.29, 1.82) is 0 Å². The summed E-state index contributed by atoms with van der Waals surface area (Å²) < 4.78 is 5.68. The van der Waals surface area contributed by atoms with Crippen LogP contribution in [0.1, 0.15) is 31.7 Å². The highest BCUT2D eigenvalue weighted by atomic mass is 16.5. The SMILES string of the molecule is CC(CC(=O)NCc1ccc(OCCN(C)C)cc1)C1CCCNC1. The maximum atomic E-state index is 12.2. The molecule has 1 amide bonds. The van der Waals surface area contributed by atoms with Crippen molar-refractivity contribution in [3.8, 4) is 5.75 Å². The second-order valence-electron chi connectivity index (χ2n) is 7.36. The number of nitrogens with one attached hydrogen (secondary N) is 2. The molecule has 2 rings (SSSR count). The Balaban J connectivity index is 1.68. The first kappa shape index (κ1) is 19.7. The summed E-state index contributed by atoms with van der Waals surface area (Å²) in [7, 11) is 4.06. The highest BCUT2D eigenvalue weighted by molar-refractivity contribution is 5.76. The van der Waals surface area contributed by atoms with E-state index in [4.69, 9.17) is 4.74 Å². The summed E-state index contributed by atoms with van der Waals surface area (Å²) in [5.41, 5.74) is 1.10. The molecule has 0 radical (unpaired) electrons. The number of likely N-dealkylation sites (N-methyl/N-ethyl adjacent to an activating group) is 1. The zero-order chi connectivity index (χ0) is 18.1. The third kappa shape index (κ3) is 7.45. The average molecular weight is 348 g/mol. The molecule has 1 fully saturated rings. The highest BCUT2D eigenvalue weighted by Crippen LogP contribution is 2.22. The molecule has 1 aliphatic heterocycles. The van der Waals surface area contributed by atoms with Gasteiger partial charge in [-0.05, 0) is 69.6 Å². The molecule has 0 bridgehead atoms. The number of piperidine rings is 1. The molecule has 25 heavy (non-hydrogen) atoms. The first-order valence-electron chi connectivity index (χ1n) is 9.38. The van der Waals surface area contributed by atoms with Crippen molar-refractivity contribution >= 4 is 5.91 Å². The smallest absolute Gasteiger partial charge is 0.220 e. The van der Waals surface area contributed by atoms with Gasteiger partial charge in [-0.1, -0.05) is 19.1 Å². The predicted octanol–water partition coefficient (Wildman–Crippen LogP) is 2.27. The van der Waals surface area contributed by atoms with Crippen LogP contribution in [0.15, 0.2) is 24.3 Å². The number of nitrogens with zero attached hydrogens (tertiary/aromatic N) is 1. The minimum Gasteiger partial charge on any atom is -0.492 e. The van der Waals surface area contributed by atoms with Crippen LogP contribution in [-0.2, 0) is 11.3 Å². The number of hydrogen-bond donors (Lipinski definition) is 2. The molecule has 0 aliphatic carbocycles. The number of benzene rings is 1. The van der Waals surface area contributed by atoms with Crippen LogP contribution in [-0.4, -0.2) is 51.1 Å². The van der Waals surface area contributed by atoms with Gasteiger partial charge >= 0.3 is 0 Å². The first-order chi connectivity index (χ1) is 12.0. The fraction of sp³-hybridized carbons (Fsp3) is 0.650. The third-order valence-electron chi connectivity index (χ3n) is 4.87. The molecule has 1 aliphatic rings. The Morgan fingerprint density at radius 2 is 2.12 bits per heavy atom. The molecular weight excluding hydrogens is 314 g/mol. The Morgan fingerprint density at radius 1 is 1.36 bits per heavy atom. The second-order valence-corrected chi connectivity index (χ2v) is 7.36. The van der Waals surface area contributed by atoms with Crippen molar-refractivity contribution in [2.75, 3.05) is 40.3 Å². The standard InChI is InChI=1S/C20H33N3O2/c1-16(18-5-4-10-21-15-18)13-20(24)22-14-17-6-8-19(9-7-17)25-12-11-23(2)3/h6-9,16,18,21H,4-5,10-15H2,1-3H3,(H,22,24). The van der Waals surface area contributed by atoms with Crippen molar-refractivity contribution in [1.82, 2.24) is 15.5 Å². The quantitative estimate of drug-likeness (QED) is 0.719. The monoisotopic (exact) mass is 347 g/mol. The molecule has 2 N–H and O–H groups in total. The molecule has 5 nitrogen and oxygen atoms in total. The summed E-state index contributed by atoms with van der Waals surface area (Å²) in [5.74, 6) is 2.07. The molecule has 2 atom stereocenters. The molecule has 5 heteroatoms. The van der Waals surface area contributed by atoms with Crippen LogP contribution in [0.5, 0.6) is 5.75 Å². The number of hydrogen-bond acceptors (Lipinski definition) is 4. The van der Waals surface area contributed by atoms with Crippen molar-refractivity contribution in [3.63, 3.8) is 0 Å². The molecule has 0 aromatic heterocycles. The minimum atomic E-state index is 0.143. The Bertz CT molecular complexity index is 510. The number of carbonyl (C=O) groups excluding carboxylic acids is 1. The maximum Gasteiger partial charge on any atom is 0.220 e. The Labute approximate surface area is 152 Å². The molecule has 1 aromatic carbocycles. The van der Waals surface area contributed by atoms with Crippen molar-refractivity contribution in [2.45, 2.75) is 32.7 Å². The molecule has 140 valence electrons. The number of carbonyl (C=O) groups is 1. The van der Waals surface area contributed by atoms with E-state index in [0.29, 0.717) is 31.4 Å². The number of rotatable bonds is 9. The van der Waals surface area contributed by atoms with E-state index in [1.54, 1.807) is 0 Å². The lowest BCUT2D eigenvalue weighted by Crippen LogP contribution is -2.35. The Morgan fingerprint density at radius 3 is 2.76 bits per heavy atom. The van der Waals surface area contributed by atoms with Gasteiger partial charge in [0.2, 0.25) is 5.91 Å². The van der Waals surface area contributed by atoms with Crippen LogP contribution in [0.3, 0.4) is 0 Å². The van der Waals surface area contributed by atoms with Gasteiger partial charge < -0.3 is 20.3 Å². The zero-order valence-corrected chi connectivity index (χ0v) is 15.9. The fourth-order valence-corrected chi connectivity index (χ4v) is 3.15. The lowest BCUT2D eigenvalue weighted by Gasteiger charge is -2.28. The van der Waals surface area contributed by atoms with Gasteiger partial charge in [0.25, 0.3) is 0 Å². The van der Waals surface area contributed by atoms with Gasteiger partial charge in [-0.15, -0.1) is 0 Å². The number of amides is 1. The van der Waals surface area contributed by atoms with Crippen LogP contribution in [0.25, 0.3) is 0 Å². The molecular formula is C20H33N3O2. The summed E-state index contributed by atoms with van der Waals surface area (Å²) in [6, 6.07) is 7.96. The van der Waals surface area contributed by atoms with E-state index in [-0.39, 0.29) is 5.91 Å². The van der Waals surface area contributed by atoms with Gasteiger partial charge in [-0.2, -0.15) is 0 Å². The largest absolute Gasteiger partial charge is 0.492 e. The normalized spacial score (nSPS) is 18.8. The second kappa shape index (κ2) is 10.4. The first-order valence-corrected chi connectivity index (χ1v) is 9.38. The van der Waals surface area contributed by atoms with E-state index in [9.17, 15) is 4.79 Å². The van der Waals surface area contributed by atoms with Crippen LogP contribution in [0.2, 0.25) is 0 Å². The topological polar surface area (TPSA) is 53.6 Å². The summed E-state index contributed by atoms with van der Waals surface area (Å²) >= 11 is 0. The van der Waals surface area contributed by atoms with Crippen molar-refractivity contribution in [2.24, 2.45) is 11.8 Å². The van der Waals surface area contributed by atoms with Crippen molar-refractivity contribution < 1.29 is 9.53 Å². The Hall–Kier alpha value is -1.59. The lowest BCUT2D eigenvalue weighted by molar-refractivity contribution is -0.122. The van der Waals surface area contributed by atoms with Crippen LogP contribution in [0, 0.1) is 11.8 Å². The molecule has 1 heterocycles. The van der Waals surface area contributed by atoms with Gasteiger partial charge in [-0.3, -0.25) is 4.79 Å². The van der Waals surface area contributed by atoms with Crippen LogP contribution >= 0.6 is 0 Å². The summed E-state index contributed by atoms with van der Waals surface area (Å²) in [6.45, 7) is 6.50. The molecule has 1 aromatic rings. The van der Waals surface area contributed by atoms with Gasteiger partial charge in [-0.25, -0.2) is 0 Å². The molecule has 2 unspecified atom stereocenters. The predicted molar refractivity (Wildman–Crippen MR) is 102 cm³/mol. The molecule has 0 saturated carbocycles. The lowest BCUT2D eigenvalue weighted by atomic mass is 9.85. The van der Waals surface area contributed by atoms with Gasteiger partial charge in [0.1, 0.15) is 12.4 Å². The van der Waals surface area contributed by atoms with E-state index in [2.05, 4.69) is 22.5 Å². The molecule has 0 spiro atoms. The van der Waals surface area contributed by atoms with Gasteiger partial charge in [0, 0.05) is 19.5 Å². The van der Waals surface area contributed by atoms with Crippen molar-refractivity contribution in [3.05, 3.63) is 29.8 Å². The van der Waals surface area contributed by atoms with E-state index in [1.807, 2.05) is 38.4 Å². The third-order valence-corrected chi connectivity index (χ3v) is 4.87. The highest BCUT2D eigenvalue weighted by Gasteiger charge is 2.21. The Kier molecular flexibility index (Phi) is 8.22. The van der Waals surface area contributed by atoms with E-state index in [1.165, 1.54) is 12.8 Å². The van der Waals surface area contributed by atoms with Gasteiger partial charge in [0.05, 0.1) is 0 Å². The molecule has 1 saturated heterocycles. The summed E-state index contributed by atoms with van der Waals surface area (Å²) in [5, 5.41) is 6.47. The van der Waals surface area contributed by atoms with E-state index >= 15 is 0 Å². The summed E-state index contributed by atoms with van der Waals surface area (Å²) in [4.78, 5) is 14.3. The van der Waals surface area contributed by atoms with Gasteiger partial charge in [0.15, 0.2) is 0 Å². The number of ether oxygens (including phenoxy) is 1. The fourth-order valence-electron chi connectivity index (χ4n) is 3.15. The van der Waals surface area contributed by atoms with E-state index < -0.39 is 0 Å². The zero-order valence-electron chi connectivity index (χ0n) is 15.9. The van der Waals surface area contributed by atoms with E-state index in [0.717, 1.165) is 30.9 Å². The average Bonchev–Trinajstić information content (AvgIpc) is 2.61. The van der Waals surface area contributed by atoms with Crippen LogP contribution < -0.4 is 15.4 Å². The maximum absolute atomic E-state index is 12.2.